The van der Waals surface area contributed by atoms with Gasteiger partial charge in [-0.1, -0.05) is 50.2 Å². The monoisotopic (exact) mass is 297 g/mol. The number of benzene rings is 2. The average molecular weight is 297 g/mol. The first kappa shape index (κ1) is 16.2. The van der Waals surface area contributed by atoms with E-state index >= 15 is 0 Å². The molecule has 0 saturated carbocycles. The fourth-order valence-corrected chi connectivity index (χ4v) is 2.56. The van der Waals surface area contributed by atoms with Crippen LogP contribution in [-0.2, 0) is 6.42 Å². The van der Waals surface area contributed by atoms with Crippen LogP contribution in [0.2, 0.25) is 0 Å². The van der Waals surface area contributed by atoms with E-state index in [9.17, 15) is 4.79 Å². The molecule has 0 aliphatic heterocycles. The van der Waals surface area contributed by atoms with Gasteiger partial charge >= 0.3 is 5.97 Å². The first-order chi connectivity index (χ1) is 10.5. The second-order valence-corrected chi connectivity index (χ2v) is 5.92. The first-order valence-electron chi connectivity index (χ1n) is 7.61. The summed E-state index contributed by atoms with van der Waals surface area (Å²) in [5.74, 6) is -0.304. The molecule has 0 fully saturated rings. The van der Waals surface area contributed by atoms with Crippen molar-refractivity contribution in [3.8, 4) is 11.1 Å². The number of carbonyl (C=O) groups is 1. The summed E-state index contributed by atoms with van der Waals surface area (Å²) in [5, 5.41) is 12.3. The van der Waals surface area contributed by atoms with Crippen LogP contribution >= 0.6 is 0 Å². The van der Waals surface area contributed by atoms with Crippen molar-refractivity contribution in [1.29, 1.82) is 0 Å². The maximum Gasteiger partial charge on any atom is 0.335 e. The summed E-state index contributed by atoms with van der Waals surface area (Å²) >= 11 is 0. The van der Waals surface area contributed by atoms with Gasteiger partial charge < -0.3 is 10.4 Å². The topological polar surface area (TPSA) is 49.3 Å². The first-order valence-corrected chi connectivity index (χ1v) is 7.61. The van der Waals surface area contributed by atoms with Gasteiger partial charge in [0.15, 0.2) is 0 Å². The zero-order chi connectivity index (χ0) is 16.1. The maximum atomic E-state index is 10.9. The van der Waals surface area contributed by atoms with Gasteiger partial charge in [0.05, 0.1) is 5.56 Å². The Hall–Kier alpha value is -2.13. The van der Waals surface area contributed by atoms with Crippen LogP contribution in [0.5, 0.6) is 0 Å². The third-order valence-electron chi connectivity index (χ3n) is 4.05. The number of carboxylic acid groups (broad SMARTS) is 1. The number of nitrogens with one attached hydrogen (secondary N) is 1. The average Bonchev–Trinajstić information content (AvgIpc) is 2.53. The van der Waals surface area contributed by atoms with Crippen molar-refractivity contribution < 1.29 is 9.90 Å². The van der Waals surface area contributed by atoms with E-state index in [4.69, 9.17) is 5.11 Å². The van der Waals surface area contributed by atoms with Crippen molar-refractivity contribution in [3.05, 3.63) is 59.7 Å². The lowest BCUT2D eigenvalue weighted by molar-refractivity contribution is 0.0697. The molecule has 2 aromatic rings. The number of likely N-dealkylation sites (N-methyl/N-ethyl adjacent to an activating group) is 1. The Balaban J connectivity index is 2.13. The lowest BCUT2D eigenvalue weighted by Crippen LogP contribution is -2.32. The molecule has 0 aliphatic rings. The molecule has 2 aromatic carbocycles. The van der Waals surface area contributed by atoms with Crippen LogP contribution in [0, 0.1) is 5.92 Å². The predicted octanol–water partition coefficient (Wildman–Crippen LogP) is 3.84. The van der Waals surface area contributed by atoms with Crippen molar-refractivity contribution in [2.24, 2.45) is 5.92 Å². The molecule has 0 aliphatic carbocycles. The molecular formula is C19H23NO2. The van der Waals surface area contributed by atoms with E-state index in [1.54, 1.807) is 12.1 Å². The standard InChI is InChI=1S/C19H23NO2/c1-13(2)18(20-3)12-14-4-6-15(7-5-14)16-8-10-17(11-9-16)19(21)22/h4-11,13,18,20H,12H2,1-3H3,(H,21,22). The van der Waals surface area contributed by atoms with Gasteiger partial charge in [0.25, 0.3) is 0 Å². The van der Waals surface area contributed by atoms with E-state index < -0.39 is 5.97 Å². The molecular weight excluding hydrogens is 274 g/mol. The smallest absolute Gasteiger partial charge is 0.335 e. The van der Waals surface area contributed by atoms with Crippen LogP contribution < -0.4 is 5.32 Å². The van der Waals surface area contributed by atoms with Crippen molar-refractivity contribution in [3.63, 3.8) is 0 Å². The fraction of sp³-hybridized carbons (Fsp3) is 0.316. The summed E-state index contributed by atoms with van der Waals surface area (Å²) in [6.07, 6.45) is 1.01. The van der Waals surface area contributed by atoms with Gasteiger partial charge in [0, 0.05) is 6.04 Å². The highest BCUT2D eigenvalue weighted by molar-refractivity contribution is 5.88. The lowest BCUT2D eigenvalue weighted by atomic mass is 9.95. The second kappa shape index (κ2) is 7.23. The van der Waals surface area contributed by atoms with Gasteiger partial charge in [-0.2, -0.15) is 0 Å². The summed E-state index contributed by atoms with van der Waals surface area (Å²) < 4.78 is 0. The number of hydrogen-bond donors (Lipinski definition) is 2. The zero-order valence-corrected chi connectivity index (χ0v) is 13.3. The van der Waals surface area contributed by atoms with Crippen LogP contribution in [0.4, 0.5) is 0 Å². The van der Waals surface area contributed by atoms with Gasteiger partial charge in [-0.15, -0.1) is 0 Å². The quantitative estimate of drug-likeness (QED) is 0.851. The summed E-state index contributed by atoms with van der Waals surface area (Å²) in [4.78, 5) is 10.9. The highest BCUT2D eigenvalue weighted by Gasteiger charge is 2.11. The summed E-state index contributed by atoms with van der Waals surface area (Å²) in [6.45, 7) is 4.44. The van der Waals surface area contributed by atoms with Crippen molar-refractivity contribution in [2.45, 2.75) is 26.3 Å². The van der Waals surface area contributed by atoms with E-state index in [-0.39, 0.29) is 0 Å². The molecule has 0 radical (unpaired) electrons. The molecule has 2 rings (SSSR count). The number of carboxylic acids is 1. The Kier molecular flexibility index (Phi) is 5.34. The SMILES string of the molecule is CNC(Cc1ccc(-c2ccc(C(=O)O)cc2)cc1)C(C)C. The highest BCUT2D eigenvalue weighted by Crippen LogP contribution is 2.21. The number of hydrogen-bond acceptors (Lipinski definition) is 2. The number of rotatable bonds is 6. The van der Waals surface area contributed by atoms with Crippen LogP contribution in [0.25, 0.3) is 11.1 Å². The summed E-state index contributed by atoms with van der Waals surface area (Å²) in [6, 6.07) is 15.9. The van der Waals surface area contributed by atoms with Crippen molar-refractivity contribution >= 4 is 5.97 Å². The van der Waals surface area contributed by atoms with Gasteiger partial charge in [-0.25, -0.2) is 4.79 Å². The Bertz CT molecular complexity index is 615. The molecule has 2 N–H and O–H groups in total. The van der Waals surface area contributed by atoms with E-state index in [0.717, 1.165) is 17.5 Å². The molecule has 0 heterocycles. The van der Waals surface area contributed by atoms with Crippen LogP contribution in [0.1, 0.15) is 29.8 Å². The predicted molar refractivity (Wildman–Crippen MR) is 90.2 cm³/mol. The lowest BCUT2D eigenvalue weighted by Gasteiger charge is -2.20. The van der Waals surface area contributed by atoms with Gasteiger partial charge in [0.2, 0.25) is 0 Å². The molecule has 0 aromatic heterocycles. The van der Waals surface area contributed by atoms with E-state index in [1.165, 1.54) is 5.56 Å². The summed E-state index contributed by atoms with van der Waals surface area (Å²) in [5.41, 5.74) is 3.75. The molecule has 0 saturated heterocycles. The molecule has 1 atom stereocenters. The zero-order valence-electron chi connectivity index (χ0n) is 13.3. The molecule has 0 amide bonds. The Labute approximate surface area is 132 Å². The van der Waals surface area contributed by atoms with E-state index in [1.807, 2.05) is 19.2 Å². The van der Waals surface area contributed by atoms with Crippen LogP contribution in [0.3, 0.4) is 0 Å². The third kappa shape index (κ3) is 3.95. The molecule has 0 bridgehead atoms. The molecule has 3 nitrogen and oxygen atoms in total. The fourth-order valence-electron chi connectivity index (χ4n) is 2.56. The van der Waals surface area contributed by atoms with Gasteiger partial charge in [-0.3, -0.25) is 0 Å². The van der Waals surface area contributed by atoms with Crippen molar-refractivity contribution in [1.82, 2.24) is 5.32 Å². The molecule has 0 spiro atoms. The van der Waals surface area contributed by atoms with Gasteiger partial charge in [-0.05, 0) is 48.2 Å². The molecule has 22 heavy (non-hydrogen) atoms. The van der Waals surface area contributed by atoms with Gasteiger partial charge in [0.1, 0.15) is 0 Å². The minimum atomic E-state index is -0.895. The third-order valence-corrected chi connectivity index (χ3v) is 4.05. The van der Waals surface area contributed by atoms with Crippen molar-refractivity contribution in [2.75, 3.05) is 7.05 Å². The molecule has 1 unspecified atom stereocenters. The van der Waals surface area contributed by atoms with E-state index in [2.05, 4.69) is 43.4 Å². The van der Waals surface area contributed by atoms with E-state index in [0.29, 0.717) is 17.5 Å². The van der Waals surface area contributed by atoms with Crippen LogP contribution in [-0.4, -0.2) is 24.2 Å². The highest BCUT2D eigenvalue weighted by atomic mass is 16.4. The second-order valence-electron chi connectivity index (χ2n) is 5.92. The minimum Gasteiger partial charge on any atom is -0.478 e. The molecule has 116 valence electrons. The Morgan fingerprint density at radius 2 is 1.50 bits per heavy atom. The number of aromatic carboxylic acids is 1. The Morgan fingerprint density at radius 3 is 1.91 bits per heavy atom. The normalized spacial score (nSPS) is 12.4. The Morgan fingerprint density at radius 1 is 1.00 bits per heavy atom. The molecule has 3 heteroatoms. The maximum absolute atomic E-state index is 10.9. The van der Waals surface area contributed by atoms with Crippen LogP contribution in [0.15, 0.2) is 48.5 Å². The summed E-state index contributed by atoms with van der Waals surface area (Å²) in [7, 11) is 2.00. The minimum absolute atomic E-state index is 0.314. The largest absolute Gasteiger partial charge is 0.478 e.